The second-order valence-corrected chi connectivity index (χ2v) is 4.42. The van der Waals surface area contributed by atoms with Crippen molar-refractivity contribution in [3.05, 3.63) is 36.4 Å². The van der Waals surface area contributed by atoms with Gasteiger partial charge < -0.3 is 9.15 Å². The summed E-state index contributed by atoms with van der Waals surface area (Å²) in [6, 6.07) is 2.17. The second-order valence-electron chi connectivity index (χ2n) is 4.42. The highest BCUT2D eigenvalue weighted by Gasteiger charge is 2.33. The fourth-order valence-corrected chi connectivity index (χ4v) is 1.76. The van der Waals surface area contributed by atoms with E-state index < -0.39 is 11.9 Å². The zero-order valence-corrected chi connectivity index (χ0v) is 12.1. The summed E-state index contributed by atoms with van der Waals surface area (Å²) in [5.41, 5.74) is -0.964. The third-order valence-electron chi connectivity index (χ3n) is 2.81. The first-order valence-electron chi connectivity index (χ1n) is 6.45. The van der Waals surface area contributed by atoms with Gasteiger partial charge in [-0.2, -0.15) is 13.2 Å². The molecule has 0 amide bonds. The predicted molar refractivity (Wildman–Crippen MR) is 74.3 cm³/mol. The van der Waals surface area contributed by atoms with E-state index in [0.29, 0.717) is 0 Å². The Balaban J connectivity index is 1.92. The van der Waals surface area contributed by atoms with Gasteiger partial charge >= 0.3 is 6.18 Å². The second kappa shape index (κ2) is 6.10. The van der Waals surface area contributed by atoms with Gasteiger partial charge in [-0.3, -0.25) is 0 Å². The van der Waals surface area contributed by atoms with Crippen LogP contribution >= 0.6 is 0 Å². The van der Waals surface area contributed by atoms with Gasteiger partial charge in [-0.25, -0.2) is 14.6 Å². The van der Waals surface area contributed by atoms with Crippen molar-refractivity contribution >= 4 is 12.3 Å². The number of rotatable bonds is 4. The summed E-state index contributed by atoms with van der Waals surface area (Å²) in [6.45, 7) is 0. The van der Waals surface area contributed by atoms with Crippen LogP contribution in [0.1, 0.15) is 11.6 Å². The van der Waals surface area contributed by atoms with E-state index in [1.54, 1.807) is 0 Å². The summed E-state index contributed by atoms with van der Waals surface area (Å²) in [5.74, 6) is 0.144. The molecule has 0 bridgehead atoms. The van der Waals surface area contributed by atoms with Crippen LogP contribution in [0, 0.1) is 0 Å². The maximum absolute atomic E-state index is 12.9. The number of alkyl halides is 3. The molecule has 0 aliphatic heterocycles. The van der Waals surface area contributed by atoms with Crippen molar-refractivity contribution in [3.63, 3.8) is 0 Å². The van der Waals surface area contributed by atoms with Crippen molar-refractivity contribution < 1.29 is 22.3 Å². The molecule has 0 aliphatic carbocycles. The molecule has 0 unspecified atom stereocenters. The van der Waals surface area contributed by atoms with E-state index in [9.17, 15) is 13.2 Å². The van der Waals surface area contributed by atoms with Crippen molar-refractivity contribution in [2.45, 2.75) is 6.18 Å². The normalized spacial score (nSPS) is 12.0. The monoisotopic (exact) mass is 338 g/mol. The molecule has 0 aromatic carbocycles. The van der Waals surface area contributed by atoms with Crippen LogP contribution in [0.25, 0.3) is 23.7 Å². The molecular formula is C13H9F3N6O2. The Hall–Kier alpha value is -3.24. The maximum atomic E-state index is 12.9. The topological polar surface area (TPSA) is 91.8 Å². The molecule has 24 heavy (non-hydrogen) atoms. The molecule has 0 spiro atoms. The number of hydrogen-bond acceptors (Lipinski definition) is 7. The van der Waals surface area contributed by atoms with Crippen LogP contribution in [0.3, 0.4) is 0 Å². The number of halogens is 3. The van der Waals surface area contributed by atoms with E-state index in [1.165, 1.54) is 36.5 Å². The van der Waals surface area contributed by atoms with Crippen molar-refractivity contribution in [3.8, 4) is 17.3 Å². The molecule has 3 rings (SSSR count). The number of nitrogens with zero attached hydrogens (tertiary/aromatic N) is 6. The molecule has 8 nitrogen and oxygen atoms in total. The van der Waals surface area contributed by atoms with Crippen LogP contribution in [0.5, 0.6) is 5.88 Å². The number of methoxy groups -OCH3 is 1. The number of ether oxygens (including phenoxy) is 1. The highest BCUT2D eigenvalue weighted by Crippen LogP contribution is 2.32. The van der Waals surface area contributed by atoms with Crippen LogP contribution in [0.4, 0.5) is 13.2 Å². The van der Waals surface area contributed by atoms with E-state index in [2.05, 4.69) is 25.3 Å². The van der Waals surface area contributed by atoms with E-state index >= 15 is 0 Å². The highest BCUT2D eigenvalue weighted by atomic mass is 19.4. The molecule has 0 fully saturated rings. The Morgan fingerprint density at radius 1 is 1.29 bits per heavy atom. The van der Waals surface area contributed by atoms with Crippen molar-refractivity contribution in [1.29, 1.82) is 0 Å². The fraction of sp³-hybridized carbons (Fsp3) is 0.154. The number of pyridine rings is 1. The van der Waals surface area contributed by atoms with Crippen molar-refractivity contribution in [2.75, 3.05) is 7.11 Å². The van der Waals surface area contributed by atoms with E-state index in [1.807, 2.05) is 0 Å². The lowest BCUT2D eigenvalue weighted by Crippen LogP contribution is -2.09. The van der Waals surface area contributed by atoms with E-state index in [4.69, 9.17) is 9.15 Å². The lowest BCUT2D eigenvalue weighted by molar-refractivity contribution is -0.141. The first-order chi connectivity index (χ1) is 11.5. The molecule has 0 aliphatic rings. The molecule has 0 radical (unpaired) electrons. The van der Waals surface area contributed by atoms with Gasteiger partial charge in [0, 0.05) is 23.9 Å². The van der Waals surface area contributed by atoms with Gasteiger partial charge in [0.15, 0.2) is 5.82 Å². The summed E-state index contributed by atoms with van der Waals surface area (Å²) in [6.07, 6.45) is 0.813. The molecule has 3 aromatic heterocycles. The maximum Gasteiger partial charge on any atom is 0.433 e. The Morgan fingerprint density at radius 2 is 2.12 bits per heavy atom. The van der Waals surface area contributed by atoms with Gasteiger partial charge in [0.25, 0.3) is 0 Å². The third kappa shape index (κ3) is 3.39. The Morgan fingerprint density at radius 3 is 2.79 bits per heavy atom. The lowest BCUT2D eigenvalue weighted by Gasteiger charge is -2.08. The number of aromatic nitrogens is 6. The van der Waals surface area contributed by atoms with Crippen molar-refractivity contribution in [1.82, 2.24) is 29.9 Å². The first-order valence-corrected chi connectivity index (χ1v) is 6.45. The Bertz CT molecular complexity index is 857. The van der Waals surface area contributed by atoms with Crippen LogP contribution in [0.15, 0.2) is 29.3 Å². The predicted octanol–water partition coefficient (Wildman–Crippen LogP) is 2.38. The minimum absolute atomic E-state index is 0.0800. The summed E-state index contributed by atoms with van der Waals surface area (Å²) in [4.78, 5) is 7.34. The van der Waals surface area contributed by atoms with Gasteiger partial charge in [-0.05, 0) is 6.07 Å². The Labute approximate surface area is 132 Å². The van der Waals surface area contributed by atoms with Gasteiger partial charge in [-0.1, -0.05) is 0 Å². The molecule has 0 saturated carbocycles. The van der Waals surface area contributed by atoms with Gasteiger partial charge in [0.2, 0.25) is 18.2 Å². The zero-order chi connectivity index (χ0) is 17.2. The van der Waals surface area contributed by atoms with Gasteiger partial charge in [-0.15, -0.1) is 15.3 Å². The lowest BCUT2D eigenvalue weighted by atomic mass is 10.2. The highest BCUT2D eigenvalue weighted by molar-refractivity contribution is 5.58. The summed E-state index contributed by atoms with van der Waals surface area (Å²) < 4.78 is 49.7. The van der Waals surface area contributed by atoms with Crippen LogP contribution < -0.4 is 4.74 Å². The van der Waals surface area contributed by atoms with Crippen molar-refractivity contribution in [2.24, 2.45) is 0 Å². The average Bonchev–Trinajstić information content (AvgIpc) is 3.23. The summed E-state index contributed by atoms with van der Waals surface area (Å²) in [5, 5.41) is 11.2. The third-order valence-corrected chi connectivity index (χ3v) is 2.81. The Kier molecular flexibility index (Phi) is 3.98. The standard InChI is InChI=1S/C13H9F3N6O2/c1-23-11-5-8(4-9(19-11)13(14,15)16)12-17-6-22(21-12)3-2-10-20-18-7-24-10/h2-7H,1H3. The summed E-state index contributed by atoms with van der Waals surface area (Å²) >= 11 is 0. The molecule has 0 N–H and O–H groups in total. The first kappa shape index (κ1) is 15.6. The van der Waals surface area contributed by atoms with Crippen LogP contribution in [-0.2, 0) is 6.18 Å². The quantitative estimate of drug-likeness (QED) is 0.721. The van der Waals surface area contributed by atoms with E-state index in [0.717, 1.165) is 12.5 Å². The average molecular weight is 338 g/mol. The molecule has 3 heterocycles. The van der Waals surface area contributed by atoms with E-state index in [-0.39, 0.29) is 23.2 Å². The van der Waals surface area contributed by atoms with Gasteiger partial charge in [0.1, 0.15) is 12.0 Å². The molecule has 0 saturated heterocycles. The zero-order valence-electron chi connectivity index (χ0n) is 12.1. The smallest absolute Gasteiger partial charge is 0.433 e. The summed E-state index contributed by atoms with van der Waals surface area (Å²) in [7, 11) is 1.23. The molecule has 124 valence electrons. The molecule has 3 aromatic rings. The fourth-order valence-electron chi connectivity index (χ4n) is 1.76. The molecular weight excluding hydrogens is 329 g/mol. The van der Waals surface area contributed by atoms with Gasteiger partial charge in [0.05, 0.1) is 7.11 Å². The minimum Gasteiger partial charge on any atom is -0.481 e. The minimum atomic E-state index is -4.61. The number of hydrogen-bond donors (Lipinski definition) is 0. The van der Waals surface area contributed by atoms with Crippen LogP contribution in [0.2, 0.25) is 0 Å². The molecule has 11 heteroatoms. The van der Waals surface area contributed by atoms with Crippen LogP contribution in [-0.4, -0.2) is 37.1 Å². The SMILES string of the molecule is COc1cc(-c2ncn(C=Cc3nnco3)n2)cc(C(F)(F)F)n1. The molecule has 0 atom stereocenters. The largest absolute Gasteiger partial charge is 0.481 e.